The fourth-order valence-electron chi connectivity index (χ4n) is 1.76. The van der Waals surface area contributed by atoms with Crippen LogP contribution in [0.4, 0.5) is 5.69 Å². The molecular formula is C12H16N2O. The average Bonchev–Trinajstić information content (AvgIpc) is 2.16. The van der Waals surface area contributed by atoms with Crippen LogP contribution in [0.5, 0.6) is 0 Å². The molecule has 80 valence electrons. The van der Waals surface area contributed by atoms with E-state index in [9.17, 15) is 4.79 Å². The van der Waals surface area contributed by atoms with E-state index < -0.39 is 0 Å². The molecule has 1 aromatic rings. The number of benzene rings is 1. The highest BCUT2D eigenvalue weighted by Crippen LogP contribution is 2.29. The fraction of sp³-hybridized carbons (Fsp3) is 0.417. The molecule has 0 bridgehead atoms. The normalized spacial score (nSPS) is 17.9. The summed E-state index contributed by atoms with van der Waals surface area (Å²) < 4.78 is 0. The van der Waals surface area contributed by atoms with Crippen molar-refractivity contribution in [2.45, 2.75) is 25.3 Å². The minimum absolute atomic E-state index is 0.0640. The van der Waals surface area contributed by atoms with Crippen LogP contribution in [0.15, 0.2) is 30.3 Å². The summed E-state index contributed by atoms with van der Waals surface area (Å²) in [6.45, 7) is 0. The SMILES string of the molecule is NC(C(=O)Nc1ccccc1)C1CCC1. The number of carbonyl (C=O) groups is 1. The number of nitrogens with one attached hydrogen (secondary N) is 1. The van der Waals surface area contributed by atoms with Gasteiger partial charge in [-0.25, -0.2) is 0 Å². The molecule has 3 nitrogen and oxygen atoms in total. The molecule has 0 aliphatic heterocycles. The van der Waals surface area contributed by atoms with Crippen LogP contribution in [0, 0.1) is 5.92 Å². The molecule has 1 amide bonds. The summed E-state index contributed by atoms with van der Waals surface area (Å²) in [6, 6.07) is 9.09. The van der Waals surface area contributed by atoms with Gasteiger partial charge >= 0.3 is 0 Å². The van der Waals surface area contributed by atoms with Crippen LogP contribution < -0.4 is 11.1 Å². The summed E-state index contributed by atoms with van der Waals surface area (Å²) in [4.78, 5) is 11.7. The van der Waals surface area contributed by atoms with E-state index in [1.165, 1.54) is 6.42 Å². The Morgan fingerprint density at radius 3 is 2.53 bits per heavy atom. The average molecular weight is 204 g/mol. The molecule has 1 aromatic carbocycles. The topological polar surface area (TPSA) is 55.1 Å². The monoisotopic (exact) mass is 204 g/mol. The predicted molar refractivity (Wildman–Crippen MR) is 60.4 cm³/mol. The lowest BCUT2D eigenvalue weighted by Gasteiger charge is -2.30. The third-order valence-corrected chi connectivity index (χ3v) is 3.00. The zero-order valence-corrected chi connectivity index (χ0v) is 8.65. The standard InChI is InChI=1S/C12H16N2O/c13-11(9-5-4-6-9)12(15)14-10-7-2-1-3-8-10/h1-3,7-9,11H,4-6,13H2,(H,14,15). The highest BCUT2D eigenvalue weighted by molar-refractivity contribution is 5.94. The molecule has 0 aromatic heterocycles. The van der Waals surface area contributed by atoms with Gasteiger partial charge in [0.2, 0.25) is 5.91 Å². The molecule has 1 unspecified atom stereocenters. The Kier molecular flexibility index (Phi) is 3.02. The van der Waals surface area contributed by atoms with Gasteiger partial charge in [0.25, 0.3) is 0 Å². The summed E-state index contributed by atoms with van der Waals surface area (Å²) in [5.41, 5.74) is 6.68. The van der Waals surface area contributed by atoms with Gasteiger partial charge in [0.1, 0.15) is 0 Å². The second kappa shape index (κ2) is 4.45. The Morgan fingerprint density at radius 2 is 2.00 bits per heavy atom. The number of hydrogen-bond donors (Lipinski definition) is 2. The number of rotatable bonds is 3. The highest BCUT2D eigenvalue weighted by atomic mass is 16.2. The first kappa shape index (κ1) is 10.2. The zero-order chi connectivity index (χ0) is 10.7. The number of anilines is 1. The number of nitrogens with two attached hydrogens (primary N) is 1. The van der Waals surface area contributed by atoms with Crippen molar-refractivity contribution in [2.75, 3.05) is 5.32 Å². The lowest BCUT2D eigenvalue weighted by Crippen LogP contribution is -2.44. The summed E-state index contributed by atoms with van der Waals surface area (Å²) in [7, 11) is 0. The van der Waals surface area contributed by atoms with Crippen molar-refractivity contribution in [3.8, 4) is 0 Å². The van der Waals surface area contributed by atoms with Crippen molar-refractivity contribution in [2.24, 2.45) is 11.7 Å². The maximum absolute atomic E-state index is 11.7. The smallest absolute Gasteiger partial charge is 0.241 e. The highest BCUT2D eigenvalue weighted by Gasteiger charge is 2.29. The molecule has 1 saturated carbocycles. The second-order valence-corrected chi connectivity index (χ2v) is 4.07. The molecule has 3 N–H and O–H groups in total. The molecule has 1 fully saturated rings. The zero-order valence-electron chi connectivity index (χ0n) is 8.65. The van der Waals surface area contributed by atoms with Crippen LogP contribution >= 0.6 is 0 Å². The third-order valence-electron chi connectivity index (χ3n) is 3.00. The molecule has 1 atom stereocenters. The Morgan fingerprint density at radius 1 is 1.33 bits per heavy atom. The molecule has 1 aliphatic carbocycles. The minimum Gasteiger partial charge on any atom is -0.325 e. The van der Waals surface area contributed by atoms with E-state index in [2.05, 4.69) is 5.32 Å². The Bertz CT molecular complexity index is 333. The van der Waals surface area contributed by atoms with E-state index in [4.69, 9.17) is 5.73 Å². The number of para-hydroxylation sites is 1. The van der Waals surface area contributed by atoms with Crippen LogP contribution in [-0.4, -0.2) is 11.9 Å². The van der Waals surface area contributed by atoms with Crippen molar-refractivity contribution in [1.82, 2.24) is 0 Å². The van der Waals surface area contributed by atoms with Gasteiger partial charge in [-0.1, -0.05) is 24.6 Å². The summed E-state index contributed by atoms with van der Waals surface area (Å²) in [5, 5.41) is 2.83. The van der Waals surface area contributed by atoms with Gasteiger partial charge in [0, 0.05) is 5.69 Å². The quantitative estimate of drug-likeness (QED) is 0.788. The second-order valence-electron chi connectivity index (χ2n) is 4.07. The number of carbonyl (C=O) groups excluding carboxylic acids is 1. The molecular weight excluding hydrogens is 188 g/mol. The summed E-state index contributed by atoms with van der Waals surface area (Å²) in [6.07, 6.45) is 3.38. The summed E-state index contributed by atoms with van der Waals surface area (Å²) >= 11 is 0. The maximum Gasteiger partial charge on any atom is 0.241 e. The number of amides is 1. The van der Waals surface area contributed by atoms with Gasteiger partial charge in [-0.05, 0) is 30.9 Å². The van der Waals surface area contributed by atoms with E-state index in [0.717, 1.165) is 18.5 Å². The minimum atomic E-state index is -0.348. The van der Waals surface area contributed by atoms with Crippen LogP contribution in [0.25, 0.3) is 0 Å². The first-order chi connectivity index (χ1) is 7.27. The van der Waals surface area contributed by atoms with Crippen LogP contribution in [0.3, 0.4) is 0 Å². The summed E-state index contributed by atoms with van der Waals surface area (Å²) in [5.74, 6) is 0.319. The molecule has 0 saturated heterocycles. The lowest BCUT2D eigenvalue weighted by molar-refractivity contribution is -0.119. The van der Waals surface area contributed by atoms with Gasteiger partial charge in [0.15, 0.2) is 0 Å². The fourth-order valence-corrected chi connectivity index (χ4v) is 1.76. The lowest BCUT2D eigenvalue weighted by atomic mass is 9.80. The van der Waals surface area contributed by atoms with E-state index >= 15 is 0 Å². The molecule has 2 rings (SSSR count). The van der Waals surface area contributed by atoms with Gasteiger partial charge in [-0.3, -0.25) is 4.79 Å². The van der Waals surface area contributed by atoms with E-state index in [1.54, 1.807) is 0 Å². The van der Waals surface area contributed by atoms with Crippen LogP contribution in [0.1, 0.15) is 19.3 Å². The maximum atomic E-state index is 11.7. The molecule has 1 aliphatic rings. The van der Waals surface area contributed by atoms with Crippen molar-refractivity contribution in [3.05, 3.63) is 30.3 Å². The molecule has 0 spiro atoms. The van der Waals surface area contributed by atoms with Gasteiger partial charge in [0.05, 0.1) is 6.04 Å². The van der Waals surface area contributed by atoms with Crippen LogP contribution in [-0.2, 0) is 4.79 Å². The van der Waals surface area contributed by atoms with Gasteiger partial charge in [-0.2, -0.15) is 0 Å². The van der Waals surface area contributed by atoms with E-state index in [1.807, 2.05) is 30.3 Å². The number of hydrogen-bond acceptors (Lipinski definition) is 2. The third kappa shape index (κ3) is 2.36. The van der Waals surface area contributed by atoms with Gasteiger partial charge in [-0.15, -0.1) is 0 Å². The van der Waals surface area contributed by atoms with E-state index in [0.29, 0.717) is 5.92 Å². The van der Waals surface area contributed by atoms with Crippen LogP contribution in [0.2, 0.25) is 0 Å². The molecule has 0 heterocycles. The van der Waals surface area contributed by atoms with Crippen molar-refractivity contribution >= 4 is 11.6 Å². The first-order valence-electron chi connectivity index (χ1n) is 5.39. The molecule has 0 radical (unpaired) electrons. The molecule has 15 heavy (non-hydrogen) atoms. The Labute approximate surface area is 89.7 Å². The van der Waals surface area contributed by atoms with E-state index in [-0.39, 0.29) is 11.9 Å². The largest absolute Gasteiger partial charge is 0.325 e. The molecule has 3 heteroatoms. The van der Waals surface area contributed by atoms with Gasteiger partial charge < -0.3 is 11.1 Å². The van der Waals surface area contributed by atoms with Crippen molar-refractivity contribution in [1.29, 1.82) is 0 Å². The first-order valence-corrected chi connectivity index (χ1v) is 5.39. The van der Waals surface area contributed by atoms with Crippen molar-refractivity contribution < 1.29 is 4.79 Å². The Hall–Kier alpha value is -1.35. The Balaban J connectivity index is 1.91. The predicted octanol–water partition coefficient (Wildman–Crippen LogP) is 1.75. The van der Waals surface area contributed by atoms with Crippen molar-refractivity contribution in [3.63, 3.8) is 0 Å².